The fourth-order valence-corrected chi connectivity index (χ4v) is 3.05. The van der Waals surface area contributed by atoms with Crippen molar-refractivity contribution in [1.29, 1.82) is 0 Å². The van der Waals surface area contributed by atoms with E-state index in [0.29, 0.717) is 12.2 Å². The van der Waals surface area contributed by atoms with E-state index >= 15 is 0 Å². The average Bonchev–Trinajstić information content (AvgIpc) is 2.39. The van der Waals surface area contributed by atoms with Gasteiger partial charge in [-0.3, -0.25) is 4.79 Å². The van der Waals surface area contributed by atoms with Crippen molar-refractivity contribution >= 4 is 22.2 Å². The molecule has 0 bridgehead atoms. The standard InChI is InChI=1S/C14H17BrO3/c1-17-10-14(2-4-18-5-3-14)12-6-11(9-16)7-13(15)8-12/h6-9H,2-5,10H2,1H3. The van der Waals surface area contributed by atoms with Crippen molar-refractivity contribution in [2.45, 2.75) is 18.3 Å². The first kappa shape index (κ1) is 13.7. The maximum atomic E-state index is 11.0. The van der Waals surface area contributed by atoms with E-state index in [2.05, 4.69) is 22.0 Å². The van der Waals surface area contributed by atoms with E-state index < -0.39 is 0 Å². The molecule has 98 valence electrons. The second kappa shape index (κ2) is 5.95. The van der Waals surface area contributed by atoms with Gasteiger partial charge in [-0.25, -0.2) is 0 Å². The van der Waals surface area contributed by atoms with Crippen LogP contribution in [-0.4, -0.2) is 33.2 Å². The zero-order valence-corrected chi connectivity index (χ0v) is 12.0. The Labute approximate surface area is 116 Å². The number of aldehydes is 1. The SMILES string of the molecule is COCC1(c2cc(Br)cc(C=O)c2)CCOCC1. The number of ether oxygens (including phenoxy) is 2. The minimum Gasteiger partial charge on any atom is -0.384 e. The van der Waals surface area contributed by atoms with E-state index in [9.17, 15) is 4.79 Å². The lowest BCUT2D eigenvalue weighted by Crippen LogP contribution is -2.38. The number of methoxy groups -OCH3 is 1. The molecule has 0 saturated carbocycles. The quantitative estimate of drug-likeness (QED) is 0.802. The van der Waals surface area contributed by atoms with E-state index in [1.165, 1.54) is 0 Å². The first-order valence-corrected chi connectivity index (χ1v) is 6.82. The Morgan fingerprint density at radius 1 is 1.39 bits per heavy atom. The number of carbonyl (C=O) groups excluding carboxylic acids is 1. The van der Waals surface area contributed by atoms with Crippen LogP contribution < -0.4 is 0 Å². The van der Waals surface area contributed by atoms with Crippen molar-refractivity contribution in [3.8, 4) is 0 Å². The van der Waals surface area contributed by atoms with Gasteiger partial charge >= 0.3 is 0 Å². The van der Waals surface area contributed by atoms with Crippen LogP contribution in [0.3, 0.4) is 0 Å². The summed E-state index contributed by atoms with van der Waals surface area (Å²) in [5.74, 6) is 0. The molecule has 18 heavy (non-hydrogen) atoms. The summed E-state index contributed by atoms with van der Waals surface area (Å²) < 4.78 is 11.8. The van der Waals surface area contributed by atoms with Gasteiger partial charge in [0.1, 0.15) is 6.29 Å². The highest BCUT2D eigenvalue weighted by Crippen LogP contribution is 2.36. The van der Waals surface area contributed by atoms with Crippen molar-refractivity contribution in [3.05, 3.63) is 33.8 Å². The lowest BCUT2D eigenvalue weighted by molar-refractivity contribution is 0.0136. The fourth-order valence-electron chi connectivity index (χ4n) is 2.54. The van der Waals surface area contributed by atoms with Crippen molar-refractivity contribution in [2.75, 3.05) is 26.9 Å². The Hall–Kier alpha value is -0.710. The van der Waals surface area contributed by atoms with Crippen molar-refractivity contribution in [2.24, 2.45) is 0 Å². The van der Waals surface area contributed by atoms with E-state index in [4.69, 9.17) is 9.47 Å². The Bertz CT molecular complexity index is 420. The highest BCUT2D eigenvalue weighted by molar-refractivity contribution is 9.10. The predicted octanol–water partition coefficient (Wildman–Crippen LogP) is 2.96. The molecule has 1 aromatic carbocycles. The minimum absolute atomic E-state index is 0.0332. The molecule has 0 atom stereocenters. The second-order valence-corrected chi connectivity index (χ2v) is 5.63. The Morgan fingerprint density at radius 3 is 2.72 bits per heavy atom. The van der Waals surface area contributed by atoms with Crippen LogP contribution in [0.25, 0.3) is 0 Å². The molecule has 2 rings (SSSR count). The Kier molecular flexibility index (Phi) is 4.54. The number of halogens is 1. The first-order chi connectivity index (χ1) is 8.70. The molecule has 1 aliphatic rings. The molecule has 0 aromatic heterocycles. The third kappa shape index (κ3) is 2.82. The van der Waals surface area contributed by atoms with Crippen LogP contribution in [0.2, 0.25) is 0 Å². The minimum atomic E-state index is -0.0332. The second-order valence-electron chi connectivity index (χ2n) is 4.72. The molecule has 1 heterocycles. The molecular formula is C14H17BrO3. The van der Waals surface area contributed by atoms with Gasteiger partial charge in [-0.1, -0.05) is 15.9 Å². The molecule has 1 aromatic rings. The van der Waals surface area contributed by atoms with Gasteiger partial charge in [0.25, 0.3) is 0 Å². The van der Waals surface area contributed by atoms with Crippen molar-refractivity contribution in [3.63, 3.8) is 0 Å². The molecular weight excluding hydrogens is 296 g/mol. The van der Waals surface area contributed by atoms with Crippen LogP contribution in [0.1, 0.15) is 28.8 Å². The molecule has 0 spiro atoms. The van der Waals surface area contributed by atoms with Gasteiger partial charge in [0, 0.05) is 35.8 Å². The summed E-state index contributed by atoms with van der Waals surface area (Å²) in [7, 11) is 1.72. The molecule has 0 unspecified atom stereocenters. The highest BCUT2D eigenvalue weighted by Gasteiger charge is 2.34. The van der Waals surface area contributed by atoms with Gasteiger partial charge < -0.3 is 9.47 Å². The summed E-state index contributed by atoms with van der Waals surface area (Å²) in [5.41, 5.74) is 1.82. The summed E-state index contributed by atoms with van der Waals surface area (Å²) in [6.07, 6.45) is 2.74. The number of carbonyl (C=O) groups is 1. The van der Waals surface area contributed by atoms with Gasteiger partial charge in [0.2, 0.25) is 0 Å². The van der Waals surface area contributed by atoms with Crippen molar-refractivity contribution in [1.82, 2.24) is 0 Å². The monoisotopic (exact) mass is 312 g/mol. The highest BCUT2D eigenvalue weighted by atomic mass is 79.9. The summed E-state index contributed by atoms with van der Waals surface area (Å²) in [5, 5.41) is 0. The average molecular weight is 313 g/mol. The number of benzene rings is 1. The largest absolute Gasteiger partial charge is 0.384 e. The normalized spacial score (nSPS) is 18.6. The van der Waals surface area contributed by atoms with E-state index in [1.807, 2.05) is 12.1 Å². The van der Waals surface area contributed by atoms with Gasteiger partial charge in [0.15, 0.2) is 0 Å². The molecule has 4 heteroatoms. The van der Waals surface area contributed by atoms with Crippen LogP contribution in [-0.2, 0) is 14.9 Å². The van der Waals surface area contributed by atoms with Crippen LogP contribution in [0.5, 0.6) is 0 Å². The van der Waals surface area contributed by atoms with Crippen LogP contribution in [0, 0.1) is 0 Å². The van der Waals surface area contributed by atoms with Crippen LogP contribution in [0.4, 0.5) is 0 Å². The third-order valence-electron chi connectivity index (χ3n) is 3.54. The maximum Gasteiger partial charge on any atom is 0.150 e. The molecule has 1 fully saturated rings. The van der Waals surface area contributed by atoms with Crippen LogP contribution >= 0.6 is 15.9 Å². The fraction of sp³-hybridized carbons (Fsp3) is 0.500. The lowest BCUT2D eigenvalue weighted by atomic mass is 9.74. The summed E-state index contributed by atoms with van der Waals surface area (Å²) in [4.78, 5) is 11.0. The van der Waals surface area contributed by atoms with Gasteiger partial charge in [-0.15, -0.1) is 0 Å². The summed E-state index contributed by atoms with van der Waals surface area (Å²) >= 11 is 3.46. The topological polar surface area (TPSA) is 35.5 Å². The van der Waals surface area contributed by atoms with Crippen LogP contribution in [0.15, 0.2) is 22.7 Å². The molecule has 0 radical (unpaired) electrons. The Balaban J connectivity index is 2.40. The Morgan fingerprint density at radius 2 is 2.11 bits per heavy atom. The summed E-state index contributed by atoms with van der Waals surface area (Å²) in [6.45, 7) is 2.14. The van der Waals surface area contributed by atoms with Gasteiger partial charge in [0.05, 0.1) is 6.61 Å². The predicted molar refractivity (Wildman–Crippen MR) is 73.1 cm³/mol. The van der Waals surface area contributed by atoms with E-state index in [-0.39, 0.29) is 5.41 Å². The smallest absolute Gasteiger partial charge is 0.150 e. The number of hydrogen-bond acceptors (Lipinski definition) is 3. The molecule has 1 saturated heterocycles. The molecule has 1 aliphatic heterocycles. The van der Waals surface area contributed by atoms with Crippen molar-refractivity contribution < 1.29 is 14.3 Å². The lowest BCUT2D eigenvalue weighted by Gasteiger charge is -2.37. The third-order valence-corrected chi connectivity index (χ3v) is 4.00. The molecule has 3 nitrogen and oxygen atoms in total. The zero-order valence-electron chi connectivity index (χ0n) is 10.4. The van der Waals surface area contributed by atoms with E-state index in [0.717, 1.165) is 42.4 Å². The van der Waals surface area contributed by atoms with E-state index in [1.54, 1.807) is 7.11 Å². The zero-order chi connectivity index (χ0) is 13.0. The summed E-state index contributed by atoms with van der Waals surface area (Å²) in [6, 6.07) is 5.87. The van der Waals surface area contributed by atoms with Gasteiger partial charge in [-0.05, 0) is 36.6 Å². The van der Waals surface area contributed by atoms with Gasteiger partial charge in [-0.2, -0.15) is 0 Å². The molecule has 0 N–H and O–H groups in total. The molecule has 0 amide bonds. The first-order valence-electron chi connectivity index (χ1n) is 6.03. The number of rotatable bonds is 4. The maximum absolute atomic E-state index is 11.0. The molecule has 0 aliphatic carbocycles. The number of hydrogen-bond donors (Lipinski definition) is 0.